The Morgan fingerprint density at radius 2 is 1.96 bits per heavy atom. The van der Waals surface area contributed by atoms with Crippen molar-refractivity contribution in [2.24, 2.45) is 7.05 Å². The summed E-state index contributed by atoms with van der Waals surface area (Å²) in [5.41, 5.74) is 6.27. The van der Waals surface area contributed by atoms with Gasteiger partial charge < -0.3 is 9.30 Å². The summed E-state index contributed by atoms with van der Waals surface area (Å²) in [4.78, 5) is 23.9. The molecule has 6 nitrogen and oxygen atoms in total. The van der Waals surface area contributed by atoms with Crippen LogP contribution < -0.4 is 15.6 Å². The second-order valence-corrected chi connectivity index (χ2v) is 6.90. The van der Waals surface area contributed by atoms with Crippen LogP contribution in [0.2, 0.25) is 0 Å². The highest BCUT2D eigenvalue weighted by atomic mass is 79.9. The number of hydrazine groups is 1. The van der Waals surface area contributed by atoms with Gasteiger partial charge in [0.15, 0.2) is 0 Å². The van der Waals surface area contributed by atoms with Gasteiger partial charge in [0, 0.05) is 24.1 Å². The molecule has 0 aliphatic rings. The van der Waals surface area contributed by atoms with E-state index >= 15 is 0 Å². The molecular formula is C16H17Br2N3O3. The van der Waals surface area contributed by atoms with Crippen LogP contribution in [0.4, 0.5) is 0 Å². The molecule has 0 radical (unpaired) electrons. The number of hydrogen-bond donors (Lipinski definition) is 2. The van der Waals surface area contributed by atoms with E-state index in [0.717, 1.165) is 20.3 Å². The lowest BCUT2D eigenvalue weighted by Gasteiger charge is -2.09. The van der Waals surface area contributed by atoms with Gasteiger partial charge in [0.25, 0.3) is 5.91 Å². The van der Waals surface area contributed by atoms with Crippen LogP contribution in [0.25, 0.3) is 0 Å². The smallest absolute Gasteiger partial charge is 0.286 e. The molecule has 1 aromatic heterocycles. The van der Waals surface area contributed by atoms with Crippen LogP contribution in [-0.2, 0) is 18.3 Å². The zero-order valence-corrected chi connectivity index (χ0v) is 16.4. The molecule has 2 rings (SSSR count). The van der Waals surface area contributed by atoms with Gasteiger partial charge in [0.1, 0.15) is 11.4 Å². The molecule has 24 heavy (non-hydrogen) atoms. The van der Waals surface area contributed by atoms with Gasteiger partial charge in [-0.25, -0.2) is 0 Å². The maximum Gasteiger partial charge on any atom is 0.286 e. The highest BCUT2D eigenvalue weighted by Gasteiger charge is 2.12. The van der Waals surface area contributed by atoms with Crippen molar-refractivity contribution in [3.8, 4) is 5.75 Å². The second kappa shape index (κ2) is 8.34. The number of hydrogen-bond acceptors (Lipinski definition) is 3. The van der Waals surface area contributed by atoms with Crippen LogP contribution in [0.3, 0.4) is 0 Å². The molecule has 128 valence electrons. The molecule has 0 spiro atoms. The Hall–Kier alpha value is -1.80. The number of amides is 2. The zero-order chi connectivity index (χ0) is 17.7. The van der Waals surface area contributed by atoms with Crippen molar-refractivity contribution in [1.82, 2.24) is 15.4 Å². The molecule has 0 aliphatic heterocycles. The van der Waals surface area contributed by atoms with Crippen molar-refractivity contribution in [1.29, 1.82) is 0 Å². The maximum absolute atomic E-state index is 12.0. The zero-order valence-electron chi connectivity index (χ0n) is 13.2. The average molecular weight is 459 g/mol. The Kier molecular flexibility index (Phi) is 6.44. The molecule has 0 saturated heterocycles. The van der Waals surface area contributed by atoms with Crippen LogP contribution in [0, 0.1) is 0 Å². The minimum Gasteiger partial charge on any atom is -0.496 e. The number of halogens is 2. The van der Waals surface area contributed by atoms with Gasteiger partial charge >= 0.3 is 0 Å². The van der Waals surface area contributed by atoms with Gasteiger partial charge in [-0.3, -0.25) is 20.4 Å². The Labute approximate surface area is 156 Å². The average Bonchev–Trinajstić information content (AvgIpc) is 2.89. The topological polar surface area (TPSA) is 72.4 Å². The predicted molar refractivity (Wildman–Crippen MR) is 97.7 cm³/mol. The van der Waals surface area contributed by atoms with Gasteiger partial charge in [0.05, 0.1) is 11.6 Å². The van der Waals surface area contributed by atoms with Crippen molar-refractivity contribution in [2.45, 2.75) is 12.8 Å². The standard InChI is InChI=1S/C16H17Br2N3O3/c1-21-9-11(17)8-13(21)16(23)20-19-15(22)6-4-10-3-5-14(24-2)12(18)7-10/h3,5,7-9H,4,6H2,1-2H3,(H,19,22)(H,20,23). The van der Waals surface area contributed by atoms with Crippen molar-refractivity contribution >= 4 is 43.7 Å². The Balaban J connectivity index is 1.82. The van der Waals surface area contributed by atoms with E-state index in [1.54, 1.807) is 31.0 Å². The lowest BCUT2D eigenvalue weighted by molar-refractivity contribution is -0.121. The summed E-state index contributed by atoms with van der Waals surface area (Å²) >= 11 is 6.71. The summed E-state index contributed by atoms with van der Waals surface area (Å²) in [6.07, 6.45) is 2.58. The molecule has 0 saturated carbocycles. The molecule has 2 aromatic rings. The Morgan fingerprint density at radius 3 is 2.54 bits per heavy atom. The van der Waals surface area contributed by atoms with Crippen LogP contribution in [-0.4, -0.2) is 23.5 Å². The largest absolute Gasteiger partial charge is 0.496 e. The highest BCUT2D eigenvalue weighted by Crippen LogP contribution is 2.25. The second-order valence-electron chi connectivity index (χ2n) is 5.13. The summed E-state index contributed by atoms with van der Waals surface area (Å²) in [6, 6.07) is 7.33. The molecule has 0 unspecified atom stereocenters. The summed E-state index contributed by atoms with van der Waals surface area (Å²) in [6.45, 7) is 0. The molecule has 1 aromatic carbocycles. The molecule has 0 atom stereocenters. The first-order chi connectivity index (χ1) is 11.4. The van der Waals surface area contributed by atoms with Gasteiger partial charge in [0.2, 0.25) is 5.91 Å². The number of carbonyl (C=O) groups is 2. The number of methoxy groups -OCH3 is 1. The van der Waals surface area contributed by atoms with E-state index in [9.17, 15) is 9.59 Å². The van der Waals surface area contributed by atoms with E-state index in [1.807, 2.05) is 18.2 Å². The fourth-order valence-electron chi connectivity index (χ4n) is 2.13. The fourth-order valence-corrected chi connectivity index (χ4v) is 3.24. The summed E-state index contributed by atoms with van der Waals surface area (Å²) in [5.74, 6) is 0.108. The molecule has 0 fully saturated rings. The molecule has 8 heteroatoms. The lowest BCUT2D eigenvalue weighted by Crippen LogP contribution is -2.42. The number of ether oxygens (including phenoxy) is 1. The number of benzene rings is 1. The Bertz CT molecular complexity index is 759. The first-order valence-corrected chi connectivity index (χ1v) is 8.72. The number of rotatable bonds is 5. The third-order valence-corrected chi connectivity index (χ3v) is 4.43. The highest BCUT2D eigenvalue weighted by molar-refractivity contribution is 9.10. The van der Waals surface area contributed by atoms with Crippen LogP contribution in [0.5, 0.6) is 5.75 Å². The molecule has 2 N–H and O–H groups in total. The Morgan fingerprint density at radius 1 is 1.21 bits per heavy atom. The first kappa shape index (κ1) is 18.5. The van der Waals surface area contributed by atoms with Gasteiger partial charge in [-0.2, -0.15) is 0 Å². The van der Waals surface area contributed by atoms with Crippen molar-refractivity contribution in [3.05, 3.63) is 50.7 Å². The summed E-state index contributed by atoms with van der Waals surface area (Å²) in [5, 5.41) is 0. The van der Waals surface area contributed by atoms with Gasteiger partial charge in [-0.05, 0) is 62.0 Å². The maximum atomic E-state index is 12.0. The van der Waals surface area contributed by atoms with E-state index in [4.69, 9.17) is 4.74 Å². The number of carbonyl (C=O) groups excluding carboxylic acids is 2. The monoisotopic (exact) mass is 457 g/mol. The third kappa shape index (κ3) is 4.85. The van der Waals surface area contributed by atoms with Gasteiger partial charge in [-0.1, -0.05) is 6.07 Å². The molecule has 0 aliphatic carbocycles. The number of nitrogens with zero attached hydrogens (tertiary/aromatic N) is 1. The van der Waals surface area contributed by atoms with E-state index in [-0.39, 0.29) is 18.2 Å². The minimum atomic E-state index is -0.372. The number of aryl methyl sites for hydroxylation is 2. The van der Waals surface area contributed by atoms with Crippen molar-refractivity contribution in [3.63, 3.8) is 0 Å². The number of aromatic nitrogens is 1. The van der Waals surface area contributed by atoms with E-state index < -0.39 is 0 Å². The summed E-state index contributed by atoms with van der Waals surface area (Å²) < 4.78 is 8.47. The van der Waals surface area contributed by atoms with Gasteiger partial charge in [-0.15, -0.1) is 0 Å². The lowest BCUT2D eigenvalue weighted by atomic mass is 10.1. The summed E-state index contributed by atoms with van der Waals surface area (Å²) in [7, 11) is 3.35. The SMILES string of the molecule is COc1ccc(CCC(=O)NNC(=O)c2cc(Br)cn2C)cc1Br. The fraction of sp³-hybridized carbons (Fsp3) is 0.250. The molecule has 0 bridgehead atoms. The normalized spacial score (nSPS) is 10.3. The molecular weight excluding hydrogens is 442 g/mol. The van der Waals surface area contributed by atoms with E-state index in [1.165, 1.54) is 0 Å². The predicted octanol–water partition coefficient (Wildman–Crippen LogP) is 2.95. The van der Waals surface area contributed by atoms with Crippen molar-refractivity contribution in [2.75, 3.05) is 7.11 Å². The third-order valence-electron chi connectivity index (χ3n) is 3.38. The van der Waals surface area contributed by atoms with Crippen LogP contribution in [0.1, 0.15) is 22.5 Å². The van der Waals surface area contributed by atoms with Crippen LogP contribution >= 0.6 is 31.9 Å². The van der Waals surface area contributed by atoms with E-state index in [2.05, 4.69) is 42.7 Å². The van der Waals surface area contributed by atoms with Crippen molar-refractivity contribution < 1.29 is 14.3 Å². The quantitative estimate of drug-likeness (QED) is 0.676. The van der Waals surface area contributed by atoms with E-state index in [0.29, 0.717) is 12.1 Å². The minimum absolute atomic E-state index is 0.260. The first-order valence-electron chi connectivity index (χ1n) is 7.14. The van der Waals surface area contributed by atoms with Crippen LogP contribution in [0.15, 0.2) is 39.4 Å². The number of nitrogens with one attached hydrogen (secondary N) is 2. The molecule has 1 heterocycles. The molecule has 2 amide bonds.